The van der Waals surface area contributed by atoms with Crippen LogP contribution in [0.4, 0.5) is 4.79 Å². The summed E-state index contributed by atoms with van der Waals surface area (Å²) in [5.41, 5.74) is -0.910. The number of H-pyrrole nitrogens is 1. The van der Waals surface area contributed by atoms with Crippen LogP contribution in [-0.4, -0.2) is 43.8 Å². The second-order valence-corrected chi connectivity index (χ2v) is 5.28. The summed E-state index contributed by atoms with van der Waals surface area (Å²) in [5.74, 6) is -0.515. The molecule has 3 unspecified atom stereocenters. The zero-order valence-corrected chi connectivity index (χ0v) is 11.4. The first-order chi connectivity index (χ1) is 9.43. The molecular formula is C11H18N6O3. The molecule has 2 rings (SSSR count). The number of carboxylic acids is 1. The Hall–Kier alpha value is -2.19. The second-order valence-electron chi connectivity index (χ2n) is 5.28. The first-order valence-corrected chi connectivity index (χ1v) is 6.47. The highest BCUT2D eigenvalue weighted by Crippen LogP contribution is 2.38. The zero-order chi connectivity index (χ0) is 14.8. The van der Waals surface area contributed by atoms with Gasteiger partial charge in [-0.25, -0.2) is 4.79 Å². The van der Waals surface area contributed by atoms with E-state index in [-0.39, 0.29) is 6.04 Å². The number of nitrogens with one attached hydrogen (secondary N) is 3. The van der Waals surface area contributed by atoms with E-state index in [2.05, 4.69) is 31.3 Å². The lowest BCUT2D eigenvalue weighted by atomic mass is 9.85. The van der Waals surface area contributed by atoms with E-state index in [0.29, 0.717) is 18.7 Å². The molecule has 0 spiro atoms. The van der Waals surface area contributed by atoms with E-state index in [0.717, 1.165) is 6.42 Å². The Balaban J connectivity index is 1.93. The largest absolute Gasteiger partial charge is 0.481 e. The molecule has 0 radical (unpaired) electrons. The summed E-state index contributed by atoms with van der Waals surface area (Å²) in [5, 5.41) is 27.9. The Labute approximate surface area is 115 Å². The maximum atomic E-state index is 11.9. The van der Waals surface area contributed by atoms with Gasteiger partial charge in [0.25, 0.3) is 0 Å². The Morgan fingerprint density at radius 2 is 2.30 bits per heavy atom. The van der Waals surface area contributed by atoms with Crippen LogP contribution in [0.5, 0.6) is 0 Å². The zero-order valence-electron chi connectivity index (χ0n) is 11.4. The highest BCUT2D eigenvalue weighted by molar-refractivity contribution is 5.79. The number of aliphatic carboxylic acids is 1. The molecule has 0 bridgehead atoms. The van der Waals surface area contributed by atoms with E-state index in [4.69, 9.17) is 0 Å². The summed E-state index contributed by atoms with van der Waals surface area (Å²) >= 11 is 0. The van der Waals surface area contributed by atoms with Crippen LogP contribution >= 0.6 is 0 Å². The molecular weight excluding hydrogens is 264 g/mol. The lowest BCUT2D eigenvalue weighted by molar-refractivity contribution is -0.148. The van der Waals surface area contributed by atoms with Crippen molar-refractivity contribution in [2.75, 3.05) is 0 Å². The molecule has 1 aliphatic rings. The van der Waals surface area contributed by atoms with Gasteiger partial charge in [-0.15, -0.1) is 10.2 Å². The number of nitrogens with zero attached hydrogens (tertiary/aromatic N) is 3. The first-order valence-electron chi connectivity index (χ1n) is 6.47. The minimum atomic E-state index is -0.910. The predicted molar refractivity (Wildman–Crippen MR) is 67.6 cm³/mol. The lowest BCUT2D eigenvalue weighted by Gasteiger charge is -2.28. The first kappa shape index (κ1) is 14.2. The van der Waals surface area contributed by atoms with E-state index < -0.39 is 23.5 Å². The maximum Gasteiger partial charge on any atom is 0.315 e. The molecule has 1 aromatic heterocycles. The van der Waals surface area contributed by atoms with E-state index in [9.17, 15) is 14.7 Å². The van der Waals surface area contributed by atoms with Crippen molar-refractivity contribution in [2.24, 2.45) is 5.41 Å². The van der Waals surface area contributed by atoms with Crippen LogP contribution in [0.2, 0.25) is 0 Å². The van der Waals surface area contributed by atoms with Crippen molar-refractivity contribution in [3.8, 4) is 0 Å². The average Bonchev–Trinajstić information content (AvgIpc) is 3.00. The number of carbonyl (C=O) groups is 2. The van der Waals surface area contributed by atoms with Crippen molar-refractivity contribution in [2.45, 2.75) is 45.2 Å². The molecule has 1 fully saturated rings. The smallest absolute Gasteiger partial charge is 0.315 e. The van der Waals surface area contributed by atoms with E-state index in [1.165, 1.54) is 0 Å². The third-order valence-electron chi connectivity index (χ3n) is 3.85. The molecule has 4 N–H and O–H groups in total. The summed E-state index contributed by atoms with van der Waals surface area (Å²) in [7, 11) is 0. The van der Waals surface area contributed by atoms with Gasteiger partial charge >= 0.3 is 12.0 Å². The minimum Gasteiger partial charge on any atom is -0.481 e. The van der Waals surface area contributed by atoms with Gasteiger partial charge in [0.15, 0.2) is 5.82 Å². The van der Waals surface area contributed by atoms with Crippen LogP contribution < -0.4 is 10.6 Å². The van der Waals surface area contributed by atoms with Gasteiger partial charge in [-0.3, -0.25) is 4.79 Å². The number of hydrogen-bond donors (Lipinski definition) is 4. The number of carbonyl (C=O) groups excluding carboxylic acids is 1. The molecule has 1 heterocycles. The average molecular weight is 282 g/mol. The molecule has 1 saturated carbocycles. The highest BCUT2D eigenvalue weighted by atomic mass is 16.4. The molecule has 2 amide bonds. The van der Waals surface area contributed by atoms with Crippen molar-refractivity contribution >= 4 is 12.0 Å². The van der Waals surface area contributed by atoms with Gasteiger partial charge in [-0.2, -0.15) is 5.21 Å². The molecule has 9 nitrogen and oxygen atoms in total. The summed E-state index contributed by atoms with van der Waals surface area (Å²) in [6.07, 6.45) is 2.01. The molecule has 110 valence electrons. The topological polar surface area (TPSA) is 133 Å². The van der Waals surface area contributed by atoms with Crippen molar-refractivity contribution in [1.29, 1.82) is 0 Å². The van der Waals surface area contributed by atoms with Gasteiger partial charge in [-0.05, 0) is 26.7 Å². The van der Waals surface area contributed by atoms with Gasteiger partial charge in [0.2, 0.25) is 0 Å². The molecule has 3 atom stereocenters. The monoisotopic (exact) mass is 282 g/mol. The molecule has 20 heavy (non-hydrogen) atoms. The molecule has 0 aliphatic heterocycles. The normalized spacial score (nSPS) is 27.0. The Kier molecular flexibility index (Phi) is 3.86. The Morgan fingerprint density at radius 1 is 1.55 bits per heavy atom. The summed E-state index contributed by atoms with van der Waals surface area (Å²) in [6, 6.07) is -1.22. The fourth-order valence-electron chi connectivity index (χ4n) is 2.47. The molecule has 0 saturated heterocycles. The predicted octanol–water partition coefficient (Wildman–Crippen LogP) is 0.203. The van der Waals surface area contributed by atoms with Crippen LogP contribution in [0.25, 0.3) is 0 Å². The molecule has 1 aliphatic carbocycles. The standard InChI is InChI=1S/C11H18N6O3/c1-6(8-14-16-17-15-8)12-10(20)13-7-4-3-5-11(7,2)9(18)19/h6-7H,3-5H2,1-2H3,(H,18,19)(H2,12,13,20)(H,14,15,16,17). The quantitative estimate of drug-likeness (QED) is 0.623. The summed E-state index contributed by atoms with van der Waals surface area (Å²) in [4.78, 5) is 23.2. The summed E-state index contributed by atoms with van der Waals surface area (Å²) in [6.45, 7) is 3.38. The van der Waals surface area contributed by atoms with Crippen molar-refractivity contribution in [1.82, 2.24) is 31.3 Å². The van der Waals surface area contributed by atoms with Crippen molar-refractivity contribution in [3.63, 3.8) is 0 Å². The fraction of sp³-hybridized carbons (Fsp3) is 0.727. The minimum absolute atomic E-state index is 0.368. The Bertz CT molecular complexity index is 490. The fourth-order valence-corrected chi connectivity index (χ4v) is 2.47. The number of aromatic amines is 1. The number of amides is 2. The number of hydrogen-bond acceptors (Lipinski definition) is 5. The van der Waals surface area contributed by atoms with Crippen molar-refractivity contribution < 1.29 is 14.7 Å². The van der Waals surface area contributed by atoms with Gasteiger partial charge in [0.05, 0.1) is 11.5 Å². The van der Waals surface area contributed by atoms with Gasteiger partial charge in [-0.1, -0.05) is 11.6 Å². The molecule has 9 heteroatoms. The number of urea groups is 1. The van der Waals surface area contributed by atoms with Crippen molar-refractivity contribution in [3.05, 3.63) is 5.82 Å². The second kappa shape index (κ2) is 5.43. The maximum absolute atomic E-state index is 11.9. The van der Waals surface area contributed by atoms with E-state index >= 15 is 0 Å². The Morgan fingerprint density at radius 3 is 2.90 bits per heavy atom. The third kappa shape index (κ3) is 2.70. The number of carboxylic acid groups (broad SMARTS) is 1. The SMILES string of the molecule is CC(NC(=O)NC1CCCC1(C)C(=O)O)c1nn[nH]n1. The van der Waals surface area contributed by atoms with Crippen LogP contribution in [0, 0.1) is 5.41 Å². The summed E-state index contributed by atoms with van der Waals surface area (Å²) < 4.78 is 0. The van der Waals surface area contributed by atoms with Crippen LogP contribution in [0.1, 0.15) is 45.0 Å². The highest BCUT2D eigenvalue weighted by Gasteiger charge is 2.46. The van der Waals surface area contributed by atoms with Gasteiger partial charge in [0.1, 0.15) is 0 Å². The number of tetrazole rings is 1. The molecule has 0 aromatic carbocycles. The van der Waals surface area contributed by atoms with Gasteiger partial charge < -0.3 is 15.7 Å². The third-order valence-corrected chi connectivity index (χ3v) is 3.85. The number of rotatable bonds is 4. The van der Waals surface area contributed by atoms with Crippen LogP contribution in [0.3, 0.4) is 0 Å². The lowest BCUT2D eigenvalue weighted by Crippen LogP contribution is -2.50. The van der Waals surface area contributed by atoms with Gasteiger partial charge in [0, 0.05) is 6.04 Å². The van der Waals surface area contributed by atoms with E-state index in [1.807, 2.05) is 0 Å². The van der Waals surface area contributed by atoms with Crippen LogP contribution in [0.15, 0.2) is 0 Å². The van der Waals surface area contributed by atoms with E-state index in [1.54, 1.807) is 13.8 Å². The van der Waals surface area contributed by atoms with Crippen LogP contribution in [-0.2, 0) is 4.79 Å². The number of aromatic nitrogens is 4. The molecule has 1 aromatic rings.